The second-order valence-electron chi connectivity index (χ2n) is 10.4. The van der Waals surface area contributed by atoms with Crippen LogP contribution in [0.4, 0.5) is 25.9 Å². The minimum absolute atomic E-state index is 0. The Morgan fingerprint density at radius 2 is 0.600 bits per heavy atom. The van der Waals surface area contributed by atoms with Gasteiger partial charge >= 0.3 is 15.1 Å². The summed E-state index contributed by atoms with van der Waals surface area (Å²) >= 11 is 0. The van der Waals surface area contributed by atoms with Crippen molar-refractivity contribution in [3.05, 3.63) is 0 Å². The molecule has 0 bridgehead atoms. The highest BCUT2D eigenvalue weighted by Crippen LogP contribution is 2.60. The van der Waals surface area contributed by atoms with E-state index in [2.05, 4.69) is 0 Å². The lowest BCUT2D eigenvalue weighted by molar-refractivity contribution is -0.00100. The van der Waals surface area contributed by atoms with Gasteiger partial charge in [-0.25, -0.2) is 0 Å². The van der Waals surface area contributed by atoms with Crippen molar-refractivity contribution in [3.63, 3.8) is 0 Å². The molecule has 4 rings (SSSR count). The predicted octanol–water partition coefficient (Wildman–Crippen LogP) is 3.34. The third-order valence-corrected chi connectivity index (χ3v) is 16.8. The van der Waals surface area contributed by atoms with Crippen LogP contribution in [-0.4, -0.2) is 50.0 Å². The van der Waals surface area contributed by atoms with Crippen LogP contribution in [0.3, 0.4) is 0 Å². The maximum atomic E-state index is 9.67. The Bertz CT molecular complexity index is 407. The van der Waals surface area contributed by atoms with Crippen molar-refractivity contribution in [1.82, 2.24) is 0 Å². The van der Waals surface area contributed by atoms with Crippen molar-refractivity contribution in [2.75, 3.05) is 12.3 Å². The fraction of sp³-hybridized carbons (Fsp3) is 1.00. The average molecular weight is 556 g/mol. The van der Waals surface area contributed by atoms with E-state index in [1.807, 2.05) is 0 Å². The van der Waals surface area contributed by atoms with E-state index in [4.69, 9.17) is 0 Å². The molecular weight excluding hydrogens is 512 g/mol. The molecule has 4 aliphatic carbocycles. The van der Waals surface area contributed by atoms with E-state index in [0.29, 0.717) is 0 Å². The molecule has 0 aromatic carbocycles. The first-order chi connectivity index (χ1) is 15.9. The van der Waals surface area contributed by atoms with E-state index in [9.17, 15) is 25.9 Å². The summed E-state index contributed by atoms with van der Waals surface area (Å²) in [6.45, 7) is 0. The van der Waals surface area contributed by atoms with Crippen molar-refractivity contribution < 1.29 is 35.3 Å². The van der Waals surface area contributed by atoms with Crippen molar-refractivity contribution in [3.8, 4) is 0 Å². The Labute approximate surface area is 210 Å². The average Bonchev–Trinajstić information content (AvgIpc) is 3.57. The quantitative estimate of drug-likeness (QED) is 0.245. The molecule has 208 valence electrons. The molecule has 0 nitrogen and oxygen atoms in total. The van der Waals surface area contributed by atoms with Crippen molar-refractivity contribution in [2.45, 2.75) is 132 Å². The molecule has 0 saturated heterocycles. The maximum Gasteiger partial charge on any atom is 0.762 e. The van der Waals surface area contributed by atoms with Crippen molar-refractivity contribution in [1.29, 1.82) is 0 Å². The van der Waals surface area contributed by atoms with Gasteiger partial charge in [-0.15, -0.1) is 0 Å². The summed E-state index contributed by atoms with van der Waals surface area (Å²) in [4.78, 5) is 0. The maximum absolute atomic E-state index is 9.67. The normalized spacial score (nSPS) is 21.3. The predicted molar refractivity (Wildman–Crippen MR) is 138 cm³/mol. The lowest BCUT2D eigenvalue weighted by atomic mass is 10.3. The minimum atomic E-state index is -3.67. The van der Waals surface area contributed by atoms with Crippen molar-refractivity contribution in [2.24, 2.45) is 0 Å². The molecule has 35 heavy (non-hydrogen) atoms. The Morgan fingerprint density at radius 1 is 0.429 bits per heavy atom. The van der Waals surface area contributed by atoms with E-state index in [0.717, 1.165) is 0 Å². The number of hydrogen-bond acceptors (Lipinski definition) is 0. The summed E-state index contributed by atoms with van der Waals surface area (Å²) in [5, 5.41) is 0. The molecule has 0 radical (unpaired) electrons. The first kappa shape index (κ1) is 35.4. The van der Waals surface area contributed by atoms with Gasteiger partial charge in [0.25, 0.3) is 0 Å². The molecular formula is C23H44B2F8P2. The molecule has 4 saturated carbocycles. The van der Waals surface area contributed by atoms with Crippen LogP contribution in [0.2, 0.25) is 0 Å². The van der Waals surface area contributed by atoms with Gasteiger partial charge in [-0.2, -0.15) is 0 Å². The fourth-order valence-corrected chi connectivity index (χ4v) is 16.3. The third-order valence-electron chi connectivity index (χ3n) is 8.45. The van der Waals surface area contributed by atoms with E-state index >= 15 is 0 Å². The highest BCUT2D eigenvalue weighted by Gasteiger charge is 2.41. The van der Waals surface area contributed by atoms with Crippen LogP contribution in [0.25, 0.3) is 0 Å². The van der Waals surface area contributed by atoms with Gasteiger partial charge in [0.15, 0.2) is 0 Å². The topological polar surface area (TPSA) is 0 Å². The largest absolute Gasteiger partial charge is 1.00 e. The Hall–Kier alpha value is 0.430. The highest BCUT2D eigenvalue weighted by atomic mass is 31.1. The van der Waals surface area contributed by atoms with Crippen LogP contribution in [-0.2, 0) is 0 Å². The van der Waals surface area contributed by atoms with E-state index in [1.54, 1.807) is 121 Å². The summed E-state index contributed by atoms with van der Waals surface area (Å²) in [7, 11) is -7.38. The smallest absolute Gasteiger partial charge is 0.762 e. The monoisotopic (exact) mass is 556 g/mol. The Balaban J connectivity index is 0.00000102. The lowest BCUT2D eigenvalue weighted by Crippen LogP contribution is -3.00. The summed E-state index contributed by atoms with van der Waals surface area (Å²) in [6.07, 6.45) is 30.8. The molecule has 0 atom stereocenters. The van der Waals surface area contributed by atoms with Crippen LogP contribution in [0.15, 0.2) is 0 Å². The van der Waals surface area contributed by atoms with E-state index < -0.39 is 15.1 Å². The van der Waals surface area contributed by atoms with Gasteiger partial charge in [-0.05, 0) is 103 Å². The van der Waals surface area contributed by atoms with Crippen molar-refractivity contribution >= 4 is 30.9 Å². The molecule has 0 unspecified atom stereocenters. The van der Waals surface area contributed by atoms with Gasteiger partial charge in [0.05, 0.1) is 35.0 Å². The molecule has 12 heteroatoms. The van der Waals surface area contributed by atoms with Crippen LogP contribution in [0, 0.1) is 0 Å². The Morgan fingerprint density at radius 3 is 0.771 bits per heavy atom. The minimum Gasteiger partial charge on any atom is -1.00 e. The summed E-state index contributed by atoms with van der Waals surface area (Å²) in [5.41, 5.74) is 4.95. The first-order valence-electron chi connectivity index (χ1n) is 13.4. The third kappa shape index (κ3) is 14.2. The zero-order valence-electron chi connectivity index (χ0n) is 20.9. The first-order valence-corrected chi connectivity index (χ1v) is 17.2. The molecule has 0 N–H and O–H groups in total. The summed E-state index contributed by atoms with van der Waals surface area (Å²) < 4.78 is 58.0. The van der Waals surface area contributed by atoms with E-state index in [-0.39, 0.29) is 25.3 Å². The summed E-state index contributed by atoms with van der Waals surface area (Å²) in [5.74, 6) is 0. The van der Waals surface area contributed by atoms with Gasteiger partial charge < -0.3 is 9.41 Å². The fourth-order valence-electron chi connectivity index (χ4n) is 7.17. The lowest BCUT2D eigenvalue weighted by Gasteiger charge is -2.25. The molecule has 0 aliphatic heterocycles. The molecule has 0 spiro atoms. The van der Waals surface area contributed by atoms with Crippen LogP contribution in [0.5, 0.6) is 0 Å². The molecule has 0 heterocycles. The molecule has 4 aliphatic rings. The molecule has 0 aromatic rings. The van der Waals surface area contributed by atoms with Gasteiger partial charge in [0, 0.05) is 22.3 Å². The summed E-state index contributed by atoms with van der Waals surface area (Å²) in [6, 6.07) is 0. The standard InChI is InChI=1S/C23H42P2.2BF3.2FH/c1-2-11-20(10-1)24(21-12-3-4-13-21)18-9-19-25(22-14-5-6-15-22)23-16-7-8-17-23;2*2-1(3)4;;/h20-23H,1-19H2;;;2*1H. The van der Waals surface area contributed by atoms with Gasteiger partial charge in [-0.3, -0.25) is 25.9 Å². The number of rotatable bonds is 8. The van der Waals surface area contributed by atoms with E-state index in [1.165, 1.54) is 22.6 Å². The van der Waals surface area contributed by atoms with Crippen LogP contribution in [0.1, 0.15) is 109 Å². The second kappa shape index (κ2) is 20.4. The van der Waals surface area contributed by atoms with Gasteiger partial charge in [0.1, 0.15) is 0 Å². The zero-order chi connectivity index (χ0) is 24.1. The number of halogens is 8. The molecule has 0 aromatic heterocycles. The zero-order valence-corrected chi connectivity index (χ0v) is 22.9. The van der Waals surface area contributed by atoms with Crippen LogP contribution < -0.4 is 9.41 Å². The molecule has 0 amide bonds. The number of hydrogen-bond donors (Lipinski definition) is 0. The SMILES string of the molecule is C1CCC([PH+](CCC[PH+](C2CCCC2)C2CCCC2)C2CCCC2)C1.FB(F)F.FB(F)F.[F-].[F-]. The second-order valence-corrected chi connectivity index (χ2v) is 17.0. The molecule has 4 fully saturated rings. The van der Waals surface area contributed by atoms with Gasteiger partial charge in [0.2, 0.25) is 0 Å². The van der Waals surface area contributed by atoms with Crippen LogP contribution >= 0.6 is 15.8 Å². The highest BCUT2D eigenvalue weighted by molar-refractivity contribution is 7.60. The Kier molecular flexibility index (Phi) is 20.7. The van der Waals surface area contributed by atoms with Gasteiger partial charge in [-0.1, -0.05) is 0 Å².